The fourth-order valence-electron chi connectivity index (χ4n) is 7.99. The minimum Gasteiger partial charge on any atom is -0.482 e. The molecule has 10 heteroatoms. The molecule has 1 heterocycles. The van der Waals surface area contributed by atoms with Gasteiger partial charge in [0.2, 0.25) is 0 Å². The molecule has 1 aliphatic heterocycles. The second kappa shape index (κ2) is 8.10. The lowest BCUT2D eigenvalue weighted by Crippen LogP contribution is -2.79. The summed E-state index contributed by atoms with van der Waals surface area (Å²) in [6, 6.07) is 14.5. The number of carbonyl (C=O) groups is 1. The number of fused-ring (bicyclic) bond motifs is 3. The molecule has 5 fully saturated rings. The molecule has 2 bridgehead atoms. The molecule has 208 valence electrons. The molecule has 0 amide bonds. The van der Waals surface area contributed by atoms with E-state index in [2.05, 4.69) is 0 Å². The van der Waals surface area contributed by atoms with Crippen molar-refractivity contribution >= 4 is 5.97 Å². The molecule has 0 aromatic heterocycles. The maximum atomic E-state index is 14.0. The Morgan fingerprint density at radius 1 is 0.846 bits per heavy atom. The molecule has 5 unspecified atom stereocenters. The number of hydrogen-bond acceptors (Lipinski definition) is 6. The fraction of sp³-hybridized carbons (Fsp3) is 0.552. The summed E-state index contributed by atoms with van der Waals surface area (Å²) < 4.78 is 84.5. The summed E-state index contributed by atoms with van der Waals surface area (Å²) in [6.07, 6.45) is 2.18. The van der Waals surface area contributed by atoms with Crippen LogP contribution in [0.25, 0.3) is 0 Å². The van der Waals surface area contributed by atoms with E-state index in [4.69, 9.17) is 23.7 Å². The molecular formula is C29H28F4O6. The zero-order valence-corrected chi connectivity index (χ0v) is 21.3. The number of carbonyl (C=O) groups excluding carboxylic acids is 1. The SMILES string of the molecule is Cc1ccc(Oc2ccc(OCC(=O)OC34CC5CC6CC53C(C4)C63OCC(F)(F)C(F)(F)CO3)cc2)cc1. The van der Waals surface area contributed by atoms with Crippen molar-refractivity contribution in [3.05, 3.63) is 54.1 Å². The van der Waals surface area contributed by atoms with Crippen molar-refractivity contribution in [2.45, 2.75) is 55.8 Å². The Labute approximate surface area is 222 Å². The van der Waals surface area contributed by atoms with Crippen LogP contribution in [0.5, 0.6) is 17.2 Å². The zero-order chi connectivity index (χ0) is 27.3. The van der Waals surface area contributed by atoms with Crippen LogP contribution in [0.15, 0.2) is 48.5 Å². The van der Waals surface area contributed by atoms with Gasteiger partial charge in [0.15, 0.2) is 12.4 Å². The number of esters is 1. The second-order valence-corrected chi connectivity index (χ2v) is 11.7. The molecule has 4 aliphatic carbocycles. The van der Waals surface area contributed by atoms with Crippen LogP contribution >= 0.6 is 0 Å². The van der Waals surface area contributed by atoms with Crippen molar-refractivity contribution in [2.75, 3.05) is 19.8 Å². The highest BCUT2D eigenvalue weighted by atomic mass is 19.3. The Kier molecular flexibility index (Phi) is 5.22. The molecule has 0 N–H and O–H groups in total. The summed E-state index contributed by atoms with van der Waals surface area (Å²) in [5.74, 6) is -9.22. The van der Waals surface area contributed by atoms with Crippen molar-refractivity contribution in [2.24, 2.45) is 23.2 Å². The average Bonchev–Trinajstić information content (AvgIpc) is 3.36. The van der Waals surface area contributed by atoms with Crippen molar-refractivity contribution in [1.29, 1.82) is 0 Å². The predicted octanol–water partition coefficient (Wildman–Crippen LogP) is 5.91. The molecule has 5 atom stereocenters. The first-order valence-electron chi connectivity index (χ1n) is 13.2. The van der Waals surface area contributed by atoms with Gasteiger partial charge in [-0.3, -0.25) is 0 Å². The molecule has 2 spiro atoms. The largest absolute Gasteiger partial charge is 0.482 e. The first kappa shape index (κ1) is 25.1. The van der Waals surface area contributed by atoms with Crippen LogP contribution in [0, 0.1) is 30.1 Å². The van der Waals surface area contributed by atoms with E-state index in [1.165, 1.54) is 0 Å². The Morgan fingerprint density at radius 3 is 2.08 bits per heavy atom. The molecule has 7 rings (SSSR count). The number of alkyl halides is 4. The van der Waals surface area contributed by atoms with Gasteiger partial charge in [-0.25, -0.2) is 4.79 Å². The molecule has 5 aliphatic rings. The lowest BCUT2D eigenvalue weighted by Gasteiger charge is -2.74. The Bertz CT molecular complexity index is 1280. The monoisotopic (exact) mass is 548 g/mol. The highest BCUT2D eigenvalue weighted by Gasteiger charge is 2.90. The number of rotatable bonds is 6. The summed E-state index contributed by atoms with van der Waals surface area (Å²) in [4.78, 5) is 12.8. The van der Waals surface area contributed by atoms with Crippen LogP contribution in [0.4, 0.5) is 17.6 Å². The van der Waals surface area contributed by atoms with Gasteiger partial charge < -0.3 is 23.7 Å². The highest BCUT2D eigenvalue weighted by Crippen LogP contribution is 2.87. The van der Waals surface area contributed by atoms with Crippen molar-refractivity contribution in [1.82, 2.24) is 0 Å². The van der Waals surface area contributed by atoms with Gasteiger partial charge in [-0.2, -0.15) is 17.6 Å². The Morgan fingerprint density at radius 2 is 1.44 bits per heavy atom. The first-order valence-corrected chi connectivity index (χ1v) is 13.2. The van der Waals surface area contributed by atoms with Crippen LogP contribution in [-0.4, -0.2) is 49.0 Å². The van der Waals surface area contributed by atoms with E-state index < -0.39 is 47.8 Å². The smallest absolute Gasteiger partial charge is 0.344 e. The van der Waals surface area contributed by atoms with E-state index >= 15 is 0 Å². The zero-order valence-electron chi connectivity index (χ0n) is 21.3. The van der Waals surface area contributed by atoms with Crippen molar-refractivity contribution in [3.63, 3.8) is 0 Å². The third-order valence-electron chi connectivity index (χ3n) is 9.76. The summed E-state index contributed by atoms with van der Waals surface area (Å²) in [5.41, 5.74) is -0.0961. The summed E-state index contributed by atoms with van der Waals surface area (Å²) in [5, 5.41) is 0. The molecule has 1 saturated heterocycles. The number of aryl methyl sites for hydroxylation is 1. The molecule has 39 heavy (non-hydrogen) atoms. The predicted molar refractivity (Wildman–Crippen MR) is 128 cm³/mol. The third kappa shape index (κ3) is 3.43. The van der Waals surface area contributed by atoms with Crippen LogP contribution < -0.4 is 9.47 Å². The second-order valence-electron chi connectivity index (χ2n) is 11.7. The van der Waals surface area contributed by atoms with Gasteiger partial charge in [-0.1, -0.05) is 17.7 Å². The highest BCUT2D eigenvalue weighted by molar-refractivity contribution is 5.72. The lowest BCUT2D eigenvalue weighted by atomic mass is 9.34. The topological polar surface area (TPSA) is 63.2 Å². The van der Waals surface area contributed by atoms with Crippen LogP contribution in [-0.2, 0) is 19.0 Å². The minimum absolute atomic E-state index is 0.234. The van der Waals surface area contributed by atoms with E-state index in [0.29, 0.717) is 42.9 Å². The number of hydrogen-bond donors (Lipinski definition) is 0. The third-order valence-corrected chi connectivity index (χ3v) is 9.76. The summed E-state index contributed by atoms with van der Waals surface area (Å²) >= 11 is 0. The molecule has 6 nitrogen and oxygen atoms in total. The normalized spacial score (nSPS) is 35.8. The number of benzene rings is 2. The summed E-state index contributed by atoms with van der Waals surface area (Å²) in [7, 11) is 0. The standard InChI is InChI=1S/C29H28F4O6/c1-17-2-4-21(5-3-17)38-22-8-6-20(7-9-22)35-14-24(34)39-25-11-18-10-19-12-26(18,25)23(13-25)29(19)36-15-27(30,31)28(32,33)16-37-29/h2-9,18-19,23H,10-16H2,1H3. The Balaban J connectivity index is 0.976. The van der Waals surface area contributed by atoms with Gasteiger partial charge in [0.05, 0.1) is 0 Å². The van der Waals surface area contributed by atoms with Gasteiger partial charge in [-0.05, 0) is 74.9 Å². The van der Waals surface area contributed by atoms with E-state index in [1.54, 1.807) is 24.3 Å². The lowest BCUT2D eigenvalue weighted by molar-refractivity contribution is -0.393. The Hall–Kier alpha value is -2.85. The molecule has 0 radical (unpaired) electrons. The van der Waals surface area contributed by atoms with Gasteiger partial charge in [-0.15, -0.1) is 0 Å². The number of ether oxygens (including phenoxy) is 5. The maximum absolute atomic E-state index is 14.0. The number of halogens is 4. The van der Waals surface area contributed by atoms with Crippen molar-refractivity contribution in [3.8, 4) is 17.2 Å². The first-order chi connectivity index (χ1) is 18.5. The van der Waals surface area contributed by atoms with E-state index in [1.807, 2.05) is 31.2 Å². The van der Waals surface area contributed by atoms with Gasteiger partial charge in [0.25, 0.3) is 0 Å². The minimum atomic E-state index is -4.30. The maximum Gasteiger partial charge on any atom is 0.344 e. The summed E-state index contributed by atoms with van der Waals surface area (Å²) in [6.45, 7) is -1.08. The van der Waals surface area contributed by atoms with E-state index in [9.17, 15) is 22.4 Å². The quantitative estimate of drug-likeness (QED) is 0.330. The molecule has 2 aromatic carbocycles. The fourth-order valence-corrected chi connectivity index (χ4v) is 7.99. The molecular weight excluding hydrogens is 520 g/mol. The van der Waals surface area contributed by atoms with Crippen molar-refractivity contribution < 1.29 is 46.0 Å². The van der Waals surface area contributed by atoms with E-state index in [0.717, 1.165) is 5.56 Å². The van der Waals surface area contributed by atoms with Crippen LogP contribution in [0.3, 0.4) is 0 Å². The molecule has 4 saturated carbocycles. The average molecular weight is 549 g/mol. The van der Waals surface area contributed by atoms with Gasteiger partial charge in [0.1, 0.15) is 36.1 Å². The van der Waals surface area contributed by atoms with Crippen LogP contribution in [0.1, 0.15) is 31.2 Å². The van der Waals surface area contributed by atoms with Crippen LogP contribution in [0.2, 0.25) is 0 Å². The molecule has 2 aromatic rings. The van der Waals surface area contributed by atoms with Gasteiger partial charge in [0, 0.05) is 17.3 Å². The van der Waals surface area contributed by atoms with E-state index in [-0.39, 0.29) is 24.4 Å². The van der Waals surface area contributed by atoms with Gasteiger partial charge >= 0.3 is 17.8 Å².